The number of hydrogen-bond acceptors (Lipinski definition) is 8. The highest BCUT2D eigenvalue weighted by molar-refractivity contribution is 6.19. The maximum Gasteiger partial charge on any atom is 0.203 e. The molecule has 1 aliphatic rings. The van der Waals surface area contributed by atoms with E-state index in [4.69, 9.17) is 9.47 Å². The lowest BCUT2D eigenvalue weighted by Gasteiger charge is -2.15. The van der Waals surface area contributed by atoms with E-state index in [1.165, 1.54) is 23.3 Å². The smallest absolute Gasteiger partial charge is 0.203 e. The van der Waals surface area contributed by atoms with Gasteiger partial charge in [0.1, 0.15) is 11.5 Å². The number of benzene rings is 2. The summed E-state index contributed by atoms with van der Waals surface area (Å²) < 4.78 is 10.8. The molecule has 0 bridgehead atoms. The zero-order chi connectivity index (χ0) is 31.2. The number of para-hydroxylation sites is 2. The van der Waals surface area contributed by atoms with Crippen molar-refractivity contribution in [2.24, 2.45) is 0 Å². The molecule has 0 fully saturated rings. The Morgan fingerprint density at radius 1 is 0.500 bits per heavy atom. The highest BCUT2D eigenvalue weighted by Crippen LogP contribution is 2.18. The second-order valence-corrected chi connectivity index (χ2v) is 11.2. The van der Waals surface area contributed by atoms with Crippen LogP contribution in [0.2, 0.25) is 0 Å². The molecule has 240 valence electrons. The molecule has 8 heteroatoms. The molecule has 2 aromatic carbocycles. The van der Waals surface area contributed by atoms with E-state index in [0.29, 0.717) is 24.5 Å². The van der Waals surface area contributed by atoms with E-state index >= 15 is 0 Å². The first-order chi connectivity index (χ1) is 21.6. The number of unbranched alkanes of at least 4 members (excludes halogenated alkanes) is 6. The van der Waals surface area contributed by atoms with Gasteiger partial charge in [-0.1, -0.05) is 62.1 Å². The number of ether oxygens (including phenoxy) is 2. The lowest BCUT2D eigenvalue weighted by Crippen LogP contribution is -2.30. The molecular formula is C36H52N4O4. The van der Waals surface area contributed by atoms with Crippen molar-refractivity contribution in [3.63, 3.8) is 0 Å². The molecule has 0 saturated carbocycles. The third-order valence-corrected chi connectivity index (χ3v) is 7.80. The van der Waals surface area contributed by atoms with E-state index in [1.807, 2.05) is 36.4 Å². The van der Waals surface area contributed by atoms with Crippen LogP contribution in [0, 0.1) is 0 Å². The fraction of sp³-hybridized carbons (Fsp3) is 0.500. The Morgan fingerprint density at radius 3 is 1.30 bits per heavy atom. The van der Waals surface area contributed by atoms with E-state index in [2.05, 4.69) is 33.4 Å². The number of methoxy groups -OCH3 is 2. The molecule has 44 heavy (non-hydrogen) atoms. The lowest BCUT2D eigenvalue weighted by atomic mass is 10.1. The molecule has 0 radical (unpaired) electrons. The highest BCUT2D eigenvalue weighted by Gasteiger charge is 2.19. The maximum absolute atomic E-state index is 12.5. The number of nitrogens with one attached hydrogen (secondary N) is 4. The van der Waals surface area contributed by atoms with Crippen LogP contribution in [0.5, 0.6) is 11.5 Å². The van der Waals surface area contributed by atoms with Crippen molar-refractivity contribution < 1.29 is 19.1 Å². The third kappa shape index (κ3) is 12.9. The molecule has 2 aromatic rings. The fourth-order valence-corrected chi connectivity index (χ4v) is 5.25. The number of rotatable bonds is 24. The zero-order valence-corrected chi connectivity index (χ0v) is 26.7. The van der Waals surface area contributed by atoms with Crippen LogP contribution in [0.3, 0.4) is 0 Å². The Balaban J connectivity index is 1.14. The van der Waals surface area contributed by atoms with Gasteiger partial charge < -0.3 is 30.7 Å². The van der Waals surface area contributed by atoms with Crippen molar-refractivity contribution in [3.05, 3.63) is 83.2 Å². The second-order valence-electron chi connectivity index (χ2n) is 11.2. The van der Waals surface area contributed by atoms with Crippen molar-refractivity contribution in [1.82, 2.24) is 21.3 Å². The maximum atomic E-state index is 12.5. The molecule has 0 aromatic heterocycles. The fourth-order valence-electron chi connectivity index (χ4n) is 5.25. The summed E-state index contributed by atoms with van der Waals surface area (Å²) in [6.07, 6.45) is 13.4. The molecule has 0 amide bonds. The van der Waals surface area contributed by atoms with Crippen LogP contribution in [-0.2, 0) is 22.4 Å². The van der Waals surface area contributed by atoms with Crippen molar-refractivity contribution in [1.29, 1.82) is 0 Å². The highest BCUT2D eigenvalue weighted by atomic mass is 16.5. The minimum Gasteiger partial charge on any atom is -0.496 e. The van der Waals surface area contributed by atoms with Crippen molar-refractivity contribution in [3.8, 4) is 11.5 Å². The summed E-state index contributed by atoms with van der Waals surface area (Å²) in [4.78, 5) is 25.0. The molecular weight excluding hydrogens is 552 g/mol. The molecule has 8 nitrogen and oxygen atoms in total. The Labute approximate surface area is 264 Å². The minimum atomic E-state index is -0.134. The largest absolute Gasteiger partial charge is 0.496 e. The van der Waals surface area contributed by atoms with Gasteiger partial charge in [-0.3, -0.25) is 9.59 Å². The number of carbonyl (C=O) groups excluding carboxylic acids is 2. The zero-order valence-electron chi connectivity index (χ0n) is 26.7. The van der Waals surface area contributed by atoms with Crippen LogP contribution in [0.4, 0.5) is 0 Å². The first kappa shape index (κ1) is 34.9. The van der Waals surface area contributed by atoms with Gasteiger partial charge in [0.2, 0.25) is 11.6 Å². The van der Waals surface area contributed by atoms with E-state index in [-0.39, 0.29) is 11.6 Å². The van der Waals surface area contributed by atoms with E-state index in [9.17, 15) is 9.59 Å². The molecule has 0 saturated heterocycles. The summed E-state index contributed by atoms with van der Waals surface area (Å²) in [5, 5.41) is 13.3. The Kier molecular flexibility index (Phi) is 16.8. The van der Waals surface area contributed by atoms with Crippen molar-refractivity contribution >= 4 is 11.6 Å². The van der Waals surface area contributed by atoms with Gasteiger partial charge in [-0.2, -0.15) is 0 Å². The number of carbonyl (C=O) groups is 2. The van der Waals surface area contributed by atoms with Crippen LogP contribution in [-0.4, -0.2) is 65.1 Å². The summed E-state index contributed by atoms with van der Waals surface area (Å²) in [5.74, 6) is 1.62. The summed E-state index contributed by atoms with van der Waals surface area (Å²) in [7, 11) is 3.42. The van der Waals surface area contributed by atoms with Crippen LogP contribution in [0.25, 0.3) is 0 Å². The first-order valence-corrected chi connectivity index (χ1v) is 16.3. The lowest BCUT2D eigenvalue weighted by molar-refractivity contribution is -0.115. The van der Waals surface area contributed by atoms with Crippen molar-refractivity contribution in [2.45, 2.75) is 64.2 Å². The predicted octanol–water partition coefficient (Wildman–Crippen LogP) is 4.89. The third-order valence-electron chi connectivity index (χ3n) is 7.80. The molecule has 0 spiro atoms. The number of hydrogen-bond donors (Lipinski definition) is 4. The van der Waals surface area contributed by atoms with Gasteiger partial charge in [0.05, 0.1) is 25.6 Å². The predicted molar refractivity (Wildman–Crippen MR) is 178 cm³/mol. The average molecular weight is 605 g/mol. The topological polar surface area (TPSA) is 101 Å². The monoisotopic (exact) mass is 604 g/mol. The second kappa shape index (κ2) is 21.1. The van der Waals surface area contributed by atoms with Gasteiger partial charge in [0, 0.05) is 25.2 Å². The molecule has 3 rings (SSSR count). The van der Waals surface area contributed by atoms with E-state index in [0.717, 1.165) is 102 Å². The van der Waals surface area contributed by atoms with E-state index in [1.54, 1.807) is 14.2 Å². The number of ketones is 2. The first-order valence-electron chi connectivity index (χ1n) is 16.3. The Hall–Kier alpha value is -3.62. The molecule has 0 heterocycles. The van der Waals surface area contributed by atoms with Gasteiger partial charge in [0.25, 0.3) is 0 Å². The van der Waals surface area contributed by atoms with Crippen LogP contribution < -0.4 is 30.7 Å². The minimum absolute atomic E-state index is 0.134. The molecule has 1 aliphatic carbocycles. The number of allylic oxidation sites excluding steroid dienone is 2. The van der Waals surface area contributed by atoms with Crippen LogP contribution in [0.1, 0.15) is 62.5 Å². The standard InChI is InChI=1S/C36H52N4O4/c1-43-35-17-9-7-15-29(35)19-25-37-21-11-3-5-13-23-39-31-27-34(42)32(28-33(31)41)40-24-14-6-4-12-22-38-26-20-30-16-8-10-18-36(30)44-2/h7-10,15-18,27-28,37-40H,3-6,11-14,19-26H2,1-2H3. The normalized spacial score (nSPS) is 13.0. The summed E-state index contributed by atoms with van der Waals surface area (Å²) in [5.41, 5.74) is 3.25. The van der Waals surface area contributed by atoms with E-state index < -0.39 is 0 Å². The Morgan fingerprint density at radius 2 is 0.886 bits per heavy atom. The molecule has 0 aliphatic heterocycles. The quantitative estimate of drug-likeness (QED) is 0.0994. The SMILES string of the molecule is COc1ccccc1CCNCCCCCCNC1=CC(=O)C(NCCCCCCNCCc2ccccc2OC)=CC1=O. The molecule has 4 N–H and O–H groups in total. The van der Waals surface area contributed by atoms with Gasteiger partial charge >= 0.3 is 0 Å². The molecule has 0 unspecified atom stereocenters. The summed E-state index contributed by atoms with van der Waals surface area (Å²) >= 11 is 0. The summed E-state index contributed by atoms with van der Waals surface area (Å²) in [6.45, 7) is 5.23. The van der Waals surface area contributed by atoms with Crippen molar-refractivity contribution in [2.75, 3.05) is 53.5 Å². The van der Waals surface area contributed by atoms with Gasteiger partial charge in [-0.25, -0.2) is 0 Å². The van der Waals surface area contributed by atoms with Gasteiger partial charge in [-0.05, 0) is 88.0 Å². The molecule has 0 atom stereocenters. The Bertz CT molecular complexity index is 1120. The summed E-state index contributed by atoms with van der Waals surface area (Å²) in [6, 6.07) is 16.3. The van der Waals surface area contributed by atoms with Crippen LogP contribution >= 0.6 is 0 Å². The van der Waals surface area contributed by atoms with Crippen LogP contribution in [0.15, 0.2) is 72.1 Å². The van der Waals surface area contributed by atoms with Gasteiger partial charge in [-0.15, -0.1) is 0 Å². The van der Waals surface area contributed by atoms with Gasteiger partial charge in [0.15, 0.2) is 0 Å². The average Bonchev–Trinajstić information content (AvgIpc) is 3.04.